The number of ether oxygens (including phenoxy) is 1. The Morgan fingerprint density at radius 3 is 2.87 bits per heavy atom. The van der Waals surface area contributed by atoms with Crippen LogP contribution in [0.2, 0.25) is 0 Å². The number of methoxy groups -OCH3 is 1. The van der Waals surface area contributed by atoms with Gasteiger partial charge < -0.3 is 9.64 Å². The van der Waals surface area contributed by atoms with Gasteiger partial charge in [-0.15, -0.1) is 0 Å². The van der Waals surface area contributed by atoms with Crippen molar-refractivity contribution in [1.82, 2.24) is 4.98 Å². The Morgan fingerprint density at radius 2 is 2.40 bits per heavy atom. The van der Waals surface area contributed by atoms with Crippen LogP contribution in [-0.2, 0) is 4.74 Å². The molecule has 0 unspecified atom stereocenters. The van der Waals surface area contributed by atoms with E-state index in [0.717, 1.165) is 18.0 Å². The number of carbonyl (C=O) groups excluding carboxylic acids is 1. The van der Waals surface area contributed by atoms with Crippen LogP contribution in [0.3, 0.4) is 0 Å². The molecule has 0 bridgehead atoms. The van der Waals surface area contributed by atoms with Gasteiger partial charge in [0.2, 0.25) is 0 Å². The second-order valence-corrected chi connectivity index (χ2v) is 4.48. The fourth-order valence-electron chi connectivity index (χ4n) is 1.23. The minimum absolute atomic E-state index is 0.353. The van der Waals surface area contributed by atoms with E-state index in [2.05, 4.69) is 23.7 Å². The van der Waals surface area contributed by atoms with E-state index >= 15 is 0 Å². The molecule has 84 valence electrons. The van der Waals surface area contributed by atoms with Crippen LogP contribution < -0.4 is 4.90 Å². The van der Waals surface area contributed by atoms with E-state index in [1.54, 1.807) is 13.3 Å². The van der Waals surface area contributed by atoms with Crippen molar-refractivity contribution in [3.8, 4) is 0 Å². The number of thiazole rings is 1. The van der Waals surface area contributed by atoms with E-state index in [1.807, 2.05) is 0 Å². The van der Waals surface area contributed by atoms with Gasteiger partial charge in [-0.1, -0.05) is 11.3 Å². The first kappa shape index (κ1) is 12.1. The molecule has 0 radical (unpaired) electrons. The number of aldehydes is 1. The van der Waals surface area contributed by atoms with E-state index in [-0.39, 0.29) is 0 Å². The van der Waals surface area contributed by atoms with Crippen molar-refractivity contribution in [2.24, 2.45) is 0 Å². The molecule has 1 aromatic rings. The highest BCUT2D eigenvalue weighted by molar-refractivity contribution is 7.17. The molecule has 0 amide bonds. The molecule has 0 fully saturated rings. The summed E-state index contributed by atoms with van der Waals surface area (Å²) < 4.78 is 5.04. The first-order valence-electron chi connectivity index (χ1n) is 4.85. The van der Waals surface area contributed by atoms with Crippen molar-refractivity contribution in [3.05, 3.63) is 11.1 Å². The second-order valence-electron chi connectivity index (χ2n) is 3.44. The second kappa shape index (κ2) is 5.82. The van der Waals surface area contributed by atoms with E-state index in [4.69, 9.17) is 4.74 Å². The van der Waals surface area contributed by atoms with Crippen LogP contribution >= 0.6 is 11.3 Å². The van der Waals surface area contributed by atoms with Gasteiger partial charge in [-0.05, 0) is 13.8 Å². The van der Waals surface area contributed by atoms with Gasteiger partial charge >= 0.3 is 0 Å². The van der Waals surface area contributed by atoms with Crippen molar-refractivity contribution in [2.75, 3.05) is 25.2 Å². The van der Waals surface area contributed by atoms with Crippen LogP contribution in [0.5, 0.6) is 0 Å². The molecule has 0 saturated heterocycles. The zero-order valence-electron chi connectivity index (χ0n) is 9.27. The molecule has 0 aliphatic heterocycles. The summed E-state index contributed by atoms with van der Waals surface area (Å²) >= 11 is 1.41. The Hall–Kier alpha value is -0.940. The number of hydrogen-bond acceptors (Lipinski definition) is 5. The Morgan fingerprint density at radius 1 is 1.67 bits per heavy atom. The highest BCUT2D eigenvalue weighted by atomic mass is 32.1. The van der Waals surface area contributed by atoms with Crippen molar-refractivity contribution >= 4 is 22.8 Å². The lowest BCUT2D eigenvalue weighted by Gasteiger charge is -2.25. The van der Waals surface area contributed by atoms with E-state index in [1.165, 1.54) is 11.3 Å². The van der Waals surface area contributed by atoms with Gasteiger partial charge in [-0.3, -0.25) is 4.79 Å². The molecule has 5 heteroatoms. The van der Waals surface area contributed by atoms with Crippen LogP contribution in [0.25, 0.3) is 0 Å². The predicted molar refractivity (Wildman–Crippen MR) is 61.9 cm³/mol. The molecular formula is C10H16N2O2S. The Balaban J connectivity index is 2.74. The maximum absolute atomic E-state index is 10.6. The molecule has 4 nitrogen and oxygen atoms in total. The lowest BCUT2D eigenvalue weighted by atomic mass is 10.3. The average molecular weight is 228 g/mol. The van der Waals surface area contributed by atoms with E-state index in [9.17, 15) is 4.79 Å². The minimum atomic E-state index is 0.353. The van der Waals surface area contributed by atoms with Crippen molar-refractivity contribution in [2.45, 2.75) is 19.9 Å². The maximum atomic E-state index is 10.6. The first-order chi connectivity index (χ1) is 7.19. The van der Waals surface area contributed by atoms with E-state index in [0.29, 0.717) is 17.5 Å². The van der Waals surface area contributed by atoms with Gasteiger partial charge in [0.25, 0.3) is 0 Å². The molecule has 0 N–H and O–H groups in total. The van der Waals surface area contributed by atoms with Crippen LogP contribution in [-0.4, -0.2) is 37.6 Å². The topological polar surface area (TPSA) is 42.4 Å². The first-order valence-corrected chi connectivity index (χ1v) is 5.67. The van der Waals surface area contributed by atoms with Crippen molar-refractivity contribution < 1.29 is 9.53 Å². The molecule has 1 heterocycles. The smallest absolute Gasteiger partial charge is 0.186 e. The third kappa shape index (κ3) is 3.28. The van der Waals surface area contributed by atoms with Crippen LogP contribution in [0, 0.1) is 0 Å². The van der Waals surface area contributed by atoms with Crippen molar-refractivity contribution in [3.63, 3.8) is 0 Å². The fourth-order valence-corrected chi connectivity index (χ4v) is 2.12. The third-order valence-corrected chi connectivity index (χ3v) is 2.99. The Bertz CT molecular complexity index is 312. The Labute approximate surface area is 93.9 Å². The van der Waals surface area contributed by atoms with Gasteiger partial charge in [-0.2, -0.15) is 0 Å². The van der Waals surface area contributed by atoms with E-state index < -0.39 is 0 Å². The highest BCUT2D eigenvalue weighted by Crippen LogP contribution is 2.22. The van der Waals surface area contributed by atoms with Gasteiger partial charge in [0.05, 0.1) is 17.7 Å². The number of rotatable bonds is 6. The summed E-state index contributed by atoms with van der Waals surface area (Å²) in [5.74, 6) is 0. The summed E-state index contributed by atoms with van der Waals surface area (Å²) in [6, 6.07) is 0.353. The summed E-state index contributed by atoms with van der Waals surface area (Å²) in [4.78, 5) is 17.6. The quantitative estimate of drug-likeness (QED) is 0.696. The maximum Gasteiger partial charge on any atom is 0.186 e. The molecule has 0 spiro atoms. The largest absolute Gasteiger partial charge is 0.383 e. The number of anilines is 1. The zero-order chi connectivity index (χ0) is 11.3. The lowest BCUT2D eigenvalue weighted by Crippen LogP contribution is -2.33. The molecular weight excluding hydrogens is 212 g/mol. The standard InChI is InChI=1S/C10H16N2O2S/c1-8(2)12(4-5-14-3)10-11-6-9(7-13)15-10/h6-8H,4-5H2,1-3H3. The molecule has 1 rings (SSSR count). The summed E-state index contributed by atoms with van der Waals surface area (Å²) in [7, 11) is 1.68. The summed E-state index contributed by atoms with van der Waals surface area (Å²) in [6.07, 6.45) is 2.44. The Kier molecular flexibility index (Phi) is 4.71. The molecule has 0 aliphatic carbocycles. The van der Waals surface area contributed by atoms with Gasteiger partial charge in [-0.25, -0.2) is 4.98 Å². The SMILES string of the molecule is COCCN(c1ncc(C=O)s1)C(C)C. The number of nitrogens with zero attached hydrogens (tertiary/aromatic N) is 2. The highest BCUT2D eigenvalue weighted by Gasteiger charge is 2.13. The third-order valence-electron chi connectivity index (χ3n) is 2.03. The van der Waals surface area contributed by atoms with Crippen LogP contribution in [0.15, 0.2) is 6.20 Å². The predicted octanol–water partition coefficient (Wildman–Crippen LogP) is 1.82. The fraction of sp³-hybridized carbons (Fsp3) is 0.600. The monoisotopic (exact) mass is 228 g/mol. The van der Waals surface area contributed by atoms with Gasteiger partial charge in [0.1, 0.15) is 0 Å². The normalized spacial score (nSPS) is 10.7. The average Bonchev–Trinajstić information content (AvgIpc) is 2.66. The molecule has 0 aliphatic rings. The number of aromatic nitrogens is 1. The lowest BCUT2D eigenvalue weighted by molar-refractivity contribution is 0.112. The zero-order valence-corrected chi connectivity index (χ0v) is 10.1. The van der Waals surface area contributed by atoms with Gasteiger partial charge in [0, 0.05) is 19.7 Å². The van der Waals surface area contributed by atoms with Gasteiger partial charge in [0.15, 0.2) is 11.4 Å². The summed E-state index contributed by atoms with van der Waals surface area (Å²) in [6.45, 7) is 5.64. The molecule has 15 heavy (non-hydrogen) atoms. The van der Waals surface area contributed by atoms with Crippen LogP contribution in [0.1, 0.15) is 23.5 Å². The molecule has 1 aromatic heterocycles. The van der Waals surface area contributed by atoms with Crippen LogP contribution in [0.4, 0.5) is 5.13 Å². The molecule has 0 saturated carbocycles. The number of carbonyl (C=O) groups is 1. The number of hydrogen-bond donors (Lipinski definition) is 0. The van der Waals surface area contributed by atoms with Crippen molar-refractivity contribution in [1.29, 1.82) is 0 Å². The molecule has 0 aromatic carbocycles. The molecule has 0 atom stereocenters. The summed E-state index contributed by atoms with van der Waals surface area (Å²) in [5, 5.41) is 0.879. The minimum Gasteiger partial charge on any atom is -0.383 e. The summed E-state index contributed by atoms with van der Waals surface area (Å²) in [5.41, 5.74) is 0.